The van der Waals surface area contributed by atoms with Gasteiger partial charge in [-0.05, 0) is 56.3 Å². The van der Waals surface area contributed by atoms with Crippen molar-refractivity contribution in [1.82, 2.24) is 4.90 Å². The molecule has 98 valence electrons. The topological polar surface area (TPSA) is 43.7 Å². The summed E-state index contributed by atoms with van der Waals surface area (Å²) >= 11 is 0. The van der Waals surface area contributed by atoms with Gasteiger partial charge in [0.25, 0.3) is 0 Å². The van der Waals surface area contributed by atoms with Crippen LogP contribution in [0.5, 0.6) is 11.5 Å². The lowest BCUT2D eigenvalue weighted by atomic mass is 9.75. The average Bonchev–Trinajstić information content (AvgIpc) is 2.41. The molecule has 3 heteroatoms. The summed E-state index contributed by atoms with van der Waals surface area (Å²) in [5, 5.41) is 19.6. The van der Waals surface area contributed by atoms with Gasteiger partial charge in [-0.15, -0.1) is 0 Å². The fraction of sp³-hybridized carbons (Fsp3) is 0.600. The van der Waals surface area contributed by atoms with Crippen LogP contribution in [0.15, 0.2) is 12.1 Å². The van der Waals surface area contributed by atoms with Crippen molar-refractivity contribution in [2.24, 2.45) is 5.92 Å². The van der Waals surface area contributed by atoms with Crippen molar-refractivity contribution in [3.05, 3.63) is 23.3 Å². The molecule has 3 rings (SSSR count). The van der Waals surface area contributed by atoms with Crippen molar-refractivity contribution in [3.63, 3.8) is 0 Å². The van der Waals surface area contributed by atoms with Crippen molar-refractivity contribution in [3.8, 4) is 11.5 Å². The van der Waals surface area contributed by atoms with Crippen LogP contribution in [0.4, 0.5) is 0 Å². The molecule has 0 saturated carbocycles. The Labute approximate surface area is 108 Å². The minimum Gasteiger partial charge on any atom is -0.504 e. The van der Waals surface area contributed by atoms with Gasteiger partial charge in [0.15, 0.2) is 11.5 Å². The molecule has 1 aromatic carbocycles. The zero-order chi connectivity index (χ0) is 12.7. The number of likely N-dealkylation sites (tertiary alicyclic amines) is 1. The Bertz CT molecular complexity index is 458. The Hall–Kier alpha value is -1.22. The molecule has 2 atom stereocenters. The van der Waals surface area contributed by atoms with Gasteiger partial charge < -0.3 is 15.1 Å². The smallest absolute Gasteiger partial charge is 0.160 e. The third-order valence-corrected chi connectivity index (χ3v) is 4.69. The number of piperidine rings is 1. The molecule has 1 unspecified atom stereocenters. The van der Waals surface area contributed by atoms with Crippen molar-refractivity contribution in [2.75, 3.05) is 13.1 Å². The zero-order valence-corrected chi connectivity index (χ0v) is 10.9. The molecule has 0 amide bonds. The standard InChI is InChI=1S/C15H21NO2/c1-2-16-7-3-4-11-8-12-10(9-13(11)16)5-6-14(17)15(12)18/h5-6,11,13,17-18H,2-4,7-9H2,1H3/t11?,13-/m1/s1. The lowest BCUT2D eigenvalue weighted by Gasteiger charge is -2.44. The predicted molar refractivity (Wildman–Crippen MR) is 70.9 cm³/mol. The molecular weight excluding hydrogens is 226 g/mol. The molecule has 3 nitrogen and oxygen atoms in total. The Morgan fingerprint density at radius 2 is 2.11 bits per heavy atom. The van der Waals surface area contributed by atoms with Gasteiger partial charge in [0.1, 0.15) is 0 Å². The first kappa shape index (κ1) is 11.8. The molecule has 0 bridgehead atoms. The van der Waals surface area contributed by atoms with Gasteiger partial charge in [0.2, 0.25) is 0 Å². The highest BCUT2D eigenvalue weighted by molar-refractivity contribution is 5.50. The van der Waals surface area contributed by atoms with E-state index in [-0.39, 0.29) is 11.5 Å². The molecule has 2 aliphatic rings. The first-order valence-electron chi connectivity index (χ1n) is 6.97. The van der Waals surface area contributed by atoms with Crippen LogP contribution in [0.1, 0.15) is 30.9 Å². The van der Waals surface area contributed by atoms with Crippen LogP contribution in [0.3, 0.4) is 0 Å². The third-order valence-electron chi connectivity index (χ3n) is 4.69. The summed E-state index contributed by atoms with van der Waals surface area (Å²) in [6.45, 7) is 4.55. The largest absolute Gasteiger partial charge is 0.504 e. The number of nitrogens with zero attached hydrogens (tertiary/aromatic N) is 1. The molecular formula is C15H21NO2. The first-order valence-corrected chi connectivity index (χ1v) is 6.97. The number of phenols is 2. The molecule has 0 spiro atoms. The summed E-state index contributed by atoms with van der Waals surface area (Å²) in [5.74, 6) is 0.772. The molecule has 2 N–H and O–H groups in total. The van der Waals surface area contributed by atoms with Gasteiger partial charge in [-0.3, -0.25) is 0 Å². The summed E-state index contributed by atoms with van der Waals surface area (Å²) in [5.41, 5.74) is 2.20. The third kappa shape index (κ3) is 1.77. The van der Waals surface area contributed by atoms with Crippen LogP contribution in [-0.4, -0.2) is 34.2 Å². The first-order chi connectivity index (χ1) is 8.70. The Morgan fingerprint density at radius 3 is 2.89 bits per heavy atom. The summed E-state index contributed by atoms with van der Waals surface area (Å²) in [7, 11) is 0. The van der Waals surface area contributed by atoms with Crippen LogP contribution < -0.4 is 0 Å². The highest BCUT2D eigenvalue weighted by Crippen LogP contribution is 2.41. The van der Waals surface area contributed by atoms with Crippen molar-refractivity contribution < 1.29 is 10.2 Å². The van der Waals surface area contributed by atoms with Gasteiger partial charge in [0, 0.05) is 11.6 Å². The van der Waals surface area contributed by atoms with Gasteiger partial charge >= 0.3 is 0 Å². The Balaban J connectivity index is 1.95. The van der Waals surface area contributed by atoms with E-state index in [1.165, 1.54) is 24.9 Å². The highest BCUT2D eigenvalue weighted by atomic mass is 16.3. The summed E-state index contributed by atoms with van der Waals surface area (Å²) < 4.78 is 0. The molecule has 1 heterocycles. The SMILES string of the molecule is CCN1CCCC2Cc3c(ccc(O)c3O)C[C@H]21. The number of benzene rings is 1. The average molecular weight is 247 g/mol. The van der Waals surface area contributed by atoms with Gasteiger partial charge in [-0.2, -0.15) is 0 Å². The predicted octanol–water partition coefficient (Wildman–Crippen LogP) is 2.30. The van der Waals surface area contributed by atoms with E-state index >= 15 is 0 Å². The van der Waals surface area contributed by atoms with Crippen molar-refractivity contribution >= 4 is 0 Å². The van der Waals surface area contributed by atoms with Crippen LogP contribution in [0, 0.1) is 5.92 Å². The Kier molecular flexibility index (Phi) is 2.94. The fourth-order valence-corrected chi connectivity index (χ4v) is 3.71. The van der Waals surface area contributed by atoms with E-state index in [1.807, 2.05) is 6.07 Å². The number of aromatic hydroxyl groups is 2. The van der Waals surface area contributed by atoms with Crippen LogP contribution >= 0.6 is 0 Å². The highest BCUT2D eigenvalue weighted by Gasteiger charge is 2.35. The fourth-order valence-electron chi connectivity index (χ4n) is 3.71. The molecule has 0 aromatic heterocycles. The van der Waals surface area contributed by atoms with E-state index in [2.05, 4.69) is 11.8 Å². The van der Waals surface area contributed by atoms with E-state index in [1.54, 1.807) is 6.07 Å². The lowest BCUT2D eigenvalue weighted by molar-refractivity contribution is 0.0902. The van der Waals surface area contributed by atoms with Gasteiger partial charge in [0.05, 0.1) is 0 Å². The number of likely N-dealkylation sites (N-methyl/N-ethyl adjacent to an activating group) is 1. The van der Waals surface area contributed by atoms with E-state index in [0.29, 0.717) is 12.0 Å². The maximum absolute atomic E-state index is 9.99. The molecule has 1 aliphatic heterocycles. The quantitative estimate of drug-likeness (QED) is 0.748. The second-order valence-corrected chi connectivity index (χ2v) is 5.58. The van der Waals surface area contributed by atoms with Crippen LogP contribution in [0.25, 0.3) is 0 Å². The zero-order valence-electron chi connectivity index (χ0n) is 10.9. The number of hydrogen-bond donors (Lipinski definition) is 2. The minimum atomic E-state index is 0.0235. The second-order valence-electron chi connectivity index (χ2n) is 5.58. The summed E-state index contributed by atoms with van der Waals surface area (Å²) in [4.78, 5) is 2.57. The summed E-state index contributed by atoms with van der Waals surface area (Å²) in [6, 6.07) is 4.22. The Morgan fingerprint density at radius 1 is 1.28 bits per heavy atom. The minimum absolute atomic E-state index is 0.0235. The molecule has 1 fully saturated rings. The monoisotopic (exact) mass is 247 g/mol. The maximum Gasteiger partial charge on any atom is 0.160 e. The van der Waals surface area contributed by atoms with E-state index < -0.39 is 0 Å². The number of rotatable bonds is 1. The van der Waals surface area contributed by atoms with E-state index in [0.717, 1.165) is 24.9 Å². The molecule has 18 heavy (non-hydrogen) atoms. The van der Waals surface area contributed by atoms with E-state index in [9.17, 15) is 10.2 Å². The summed E-state index contributed by atoms with van der Waals surface area (Å²) in [6.07, 6.45) is 4.43. The molecule has 0 radical (unpaired) electrons. The normalized spacial score (nSPS) is 27.6. The molecule has 1 aliphatic carbocycles. The van der Waals surface area contributed by atoms with Crippen molar-refractivity contribution in [2.45, 2.75) is 38.6 Å². The van der Waals surface area contributed by atoms with Crippen LogP contribution in [-0.2, 0) is 12.8 Å². The number of phenolic OH excluding ortho intramolecular Hbond substituents is 2. The van der Waals surface area contributed by atoms with Crippen LogP contribution in [0.2, 0.25) is 0 Å². The number of fused-ring (bicyclic) bond motifs is 2. The lowest BCUT2D eigenvalue weighted by Crippen LogP contribution is -2.48. The van der Waals surface area contributed by atoms with E-state index in [4.69, 9.17) is 0 Å². The molecule has 1 aromatic rings. The van der Waals surface area contributed by atoms with Crippen molar-refractivity contribution in [1.29, 1.82) is 0 Å². The maximum atomic E-state index is 9.99. The number of hydrogen-bond acceptors (Lipinski definition) is 3. The van der Waals surface area contributed by atoms with Gasteiger partial charge in [-0.1, -0.05) is 13.0 Å². The molecule has 1 saturated heterocycles. The second kappa shape index (κ2) is 4.47. The van der Waals surface area contributed by atoms with Gasteiger partial charge in [-0.25, -0.2) is 0 Å².